The molecule has 0 aliphatic heterocycles. The lowest BCUT2D eigenvalue weighted by Crippen LogP contribution is -3.06. The van der Waals surface area contributed by atoms with Gasteiger partial charge >= 0.3 is 7.25 Å². The van der Waals surface area contributed by atoms with E-state index >= 15 is 0 Å². The number of allylic oxidation sites excluding steroid dienone is 1. The highest BCUT2D eigenvalue weighted by Crippen LogP contribution is 2.06. The van der Waals surface area contributed by atoms with Crippen molar-refractivity contribution in [2.75, 3.05) is 5.43 Å². The quantitative estimate of drug-likeness (QED) is 0.437. The Morgan fingerprint density at radius 3 is 1.92 bits per heavy atom. The van der Waals surface area contributed by atoms with E-state index in [0.29, 0.717) is 0 Å². The topological polar surface area (TPSA) is 16.5 Å². The molecule has 0 saturated heterocycles. The van der Waals surface area contributed by atoms with Crippen molar-refractivity contribution in [3.63, 3.8) is 0 Å². The molecule has 24 heavy (non-hydrogen) atoms. The van der Waals surface area contributed by atoms with E-state index in [4.69, 9.17) is 0 Å². The summed E-state index contributed by atoms with van der Waals surface area (Å²) in [5, 5.41) is 1.14. The molecule has 2 nitrogen and oxygen atoms in total. The molecule has 7 heteroatoms. The summed E-state index contributed by atoms with van der Waals surface area (Å²) in [6, 6.07) is 20.7. The highest BCUT2D eigenvalue weighted by Gasteiger charge is 2.20. The lowest BCUT2D eigenvalue weighted by atomic mass is 10.3. The molecule has 0 bridgehead atoms. The van der Waals surface area contributed by atoms with Crippen molar-refractivity contribution in [2.24, 2.45) is 0 Å². The molecule has 2 aromatic rings. The summed E-state index contributed by atoms with van der Waals surface area (Å²) in [6.45, 7) is 2.19. The number of anilines is 1. The third-order valence-electron chi connectivity index (χ3n) is 2.88. The zero-order valence-corrected chi connectivity index (χ0v) is 13.4. The average molecular weight is 340 g/mol. The zero-order valence-electron chi connectivity index (χ0n) is 13.4. The highest BCUT2D eigenvalue weighted by atomic mass is 19.5. The molecule has 0 radical (unpaired) electrons. The van der Waals surface area contributed by atoms with Crippen molar-refractivity contribution < 1.29 is 22.3 Å². The van der Waals surface area contributed by atoms with Crippen LogP contribution in [0.2, 0.25) is 0 Å². The van der Waals surface area contributed by atoms with Gasteiger partial charge < -0.3 is 17.3 Å². The van der Waals surface area contributed by atoms with Crippen molar-refractivity contribution in [3.8, 4) is 0 Å². The van der Waals surface area contributed by atoms with Crippen LogP contribution in [0.25, 0.3) is 0 Å². The van der Waals surface area contributed by atoms with E-state index in [1.54, 1.807) is 0 Å². The van der Waals surface area contributed by atoms with Crippen molar-refractivity contribution in [3.05, 3.63) is 72.9 Å². The number of para-hydroxylation sites is 2. The average Bonchev–Trinajstić information content (AvgIpc) is 2.54. The van der Waals surface area contributed by atoms with Gasteiger partial charge in [-0.25, -0.2) is 5.43 Å². The van der Waals surface area contributed by atoms with Crippen molar-refractivity contribution in [2.45, 2.75) is 19.8 Å². The second-order valence-corrected chi connectivity index (χ2v) is 4.96. The molecule has 2 aromatic carbocycles. The lowest BCUT2D eigenvalue weighted by molar-refractivity contribution is -0.748. The number of nitrogens with one attached hydrogen (secondary N) is 2. The summed E-state index contributed by atoms with van der Waals surface area (Å²) >= 11 is 0. The maximum Gasteiger partial charge on any atom is 0.673 e. The van der Waals surface area contributed by atoms with Crippen LogP contribution in [-0.4, -0.2) is 7.25 Å². The Balaban J connectivity index is 0.000000505. The molecule has 130 valence electrons. The monoisotopic (exact) mass is 340 g/mol. The van der Waals surface area contributed by atoms with Crippen molar-refractivity contribution in [1.29, 1.82) is 0 Å². The molecule has 0 spiro atoms. The zero-order chi connectivity index (χ0) is 17.8. The van der Waals surface area contributed by atoms with Crippen LogP contribution in [0.3, 0.4) is 0 Å². The fraction of sp³-hybridized carbons (Fsp3) is 0.176. The van der Waals surface area contributed by atoms with Crippen molar-refractivity contribution >= 4 is 18.6 Å². The second-order valence-electron chi connectivity index (χ2n) is 4.96. The summed E-state index contributed by atoms with van der Waals surface area (Å²) in [5.41, 5.74) is 5.80. The number of rotatable bonds is 6. The van der Waals surface area contributed by atoms with Gasteiger partial charge in [-0.05, 0) is 24.6 Å². The molecule has 0 fully saturated rings. The van der Waals surface area contributed by atoms with Crippen LogP contribution in [0.1, 0.15) is 19.8 Å². The smallest absolute Gasteiger partial charge is 0.418 e. The normalized spacial score (nSPS) is 12.4. The maximum absolute atomic E-state index is 9.75. The van der Waals surface area contributed by atoms with E-state index in [-0.39, 0.29) is 0 Å². The standard InChI is InChI=1S/C17H20N2.BF4/c1-2-3-10-15-19(17-13-8-5-9-14-17)18-16-11-6-4-7-12-16;2-1(3,4)5/h4-15,18H,2-3H2,1H3;/q;-1/p+1. The van der Waals surface area contributed by atoms with E-state index < -0.39 is 7.25 Å². The first-order chi connectivity index (χ1) is 11.4. The number of quaternary nitrogens is 1. The molecule has 0 amide bonds. The van der Waals surface area contributed by atoms with Gasteiger partial charge in [-0.2, -0.15) is 5.01 Å². The molecule has 2 rings (SSSR count). The third-order valence-corrected chi connectivity index (χ3v) is 2.88. The van der Waals surface area contributed by atoms with Crippen molar-refractivity contribution in [1.82, 2.24) is 0 Å². The first-order valence-corrected chi connectivity index (χ1v) is 7.68. The molecule has 2 N–H and O–H groups in total. The van der Waals surface area contributed by atoms with Crippen LogP contribution in [0, 0.1) is 0 Å². The molecular formula is C17H21BF4N2. The minimum atomic E-state index is -6.00. The van der Waals surface area contributed by atoms with E-state index in [0.717, 1.165) is 17.1 Å². The SMILES string of the molecule is CCCC=C[NH+](Nc1ccccc1)c1ccccc1.F[B-](F)(F)F. The van der Waals surface area contributed by atoms with Gasteiger partial charge in [0.05, 0.1) is 5.69 Å². The largest absolute Gasteiger partial charge is 0.673 e. The fourth-order valence-corrected chi connectivity index (χ4v) is 1.87. The Morgan fingerprint density at radius 2 is 1.42 bits per heavy atom. The number of benzene rings is 2. The minimum absolute atomic E-state index is 1.10. The first-order valence-electron chi connectivity index (χ1n) is 7.68. The summed E-state index contributed by atoms with van der Waals surface area (Å²) in [7, 11) is -6.00. The highest BCUT2D eigenvalue weighted by molar-refractivity contribution is 6.50. The van der Waals surface area contributed by atoms with Gasteiger partial charge in [0.2, 0.25) is 0 Å². The molecular weight excluding hydrogens is 319 g/mol. The van der Waals surface area contributed by atoms with Crippen LogP contribution >= 0.6 is 0 Å². The Morgan fingerprint density at radius 1 is 0.917 bits per heavy atom. The Hall–Kier alpha value is -2.28. The van der Waals surface area contributed by atoms with Crippen LogP contribution in [0.15, 0.2) is 72.9 Å². The predicted molar refractivity (Wildman–Crippen MR) is 91.4 cm³/mol. The number of hydrogen-bond acceptors (Lipinski definition) is 1. The Bertz CT molecular complexity index is 583. The lowest BCUT2D eigenvalue weighted by Gasteiger charge is -2.16. The van der Waals surface area contributed by atoms with E-state index in [9.17, 15) is 17.3 Å². The summed E-state index contributed by atoms with van der Waals surface area (Å²) in [6.07, 6.45) is 6.67. The summed E-state index contributed by atoms with van der Waals surface area (Å²) in [5.74, 6) is 0. The first kappa shape index (κ1) is 19.8. The molecule has 1 atom stereocenters. The van der Waals surface area contributed by atoms with Crippen LogP contribution in [0.4, 0.5) is 28.6 Å². The van der Waals surface area contributed by atoms with Gasteiger partial charge in [-0.15, -0.1) is 0 Å². The number of halogens is 4. The van der Waals surface area contributed by atoms with Gasteiger partial charge in [-0.3, -0.25) is 0 Å². The predicted octanol–water partition coefficient (Wildman–Crippen LogP) is 4.84. The molecule has 0 aliphatic carbocycles. The van der Waals surface area contributed by atoms with Gasteiger partial charge in [-0.1, -0.05) is 49.7 Å². The Labute approximate surface area is 139 Å². The van der Waals surface area contributed by atoms with Gasteiger partial charge in [0.25, 0.3) is 0 Å². The number of unbranched alkanes of at least 4 members (excludes halogenated alkanes) is 1. The van der Waals surface area contributed by atoms with Gasteiger partial charge in [0, 0.05) is 12.1 Å². The van der Waals surface area contributed by atoms with E-state index in [1.807, 2.05) is 24.3 Å². The van der Waals surface area contributed by atoms with Crippen LogP contribution < -0.4 is 10.4 Å². The summed E-state index contributed by atoms with van der Waals surface area (Å²) < 4.78 is 39.0. The van der Waals surface area contributed by atoms with E-state index in [2.05, 4.69) is 61.0 Å². The van der Waals surface area contributed by atoms with Crippen LogP contribution in [0.5, 0.6) is 0 Å². The summed E-state index contributed by atoms with van der Waals surface area (Å²) in [4.78, 5) is 0. The molecule has 0 heterocycles. The third kappa shape index (κ3) is 9.68. The maximum atomic E-state index is 9.75. The van der Waals surface area contributed by atoms with E-state index in [1.165, 1.54) is 12.1 Å². The van der Waals surface area contributed by atoms with Gasteiger partial charge in [0.1, 0.15) is 6.20 Å². The molecule has 0 aliphatic rings. The molecule has 0 saturated carbocycles. The fourth-order valence-electron chi connectivity index (χ4n) is 1.87. The minimum Gasteiger partial charge on any atom is -0.418 e. The second kappa shape index (κ2) is 10.5. The molecule has 1 unspecified atom stereocenters. The Kier molecular flexibility index (Phi) is 8.64. The van der Waals surface area contributed by atoms with Crippen LogP contribution in [-0.2, 0) is 0 Å². The number of hydrogen-bond donors (Lipinski definition) is 2. The molecule has 0 aromatic heterocycles. The van der Waals surface area contributed by atoms with Gasteiger partial charge in [0.15, 0.2) is 5.69 Å².